The summed E-state index contributed by atoms with van der Waals surface area (Å²) in [5.41, 5.74) is 3.38. The molecule has 1 aliphatic rings. The molecule has 1 aromatic carbocycles. The Labute approximate surface area is 173 Å². The fourth-order valence-corrected chi connectivity index (χ4v) is 5.14. The number of thiazole rings is 1. The Morgan fingerprint density at radius 3 is 2.54 bits per heavy atom. The molecule has 0 spiro atoms. The Balaban J connectivity index is 1.70. The number of carbonyl (C=O) groups excluding carboxylic acids is 1. The van der Waals surface area contributed by atoms with E-state index in [-0.39, 0.29) is 5.91 Å². The SMILES string of the molecule is CC(=O)N(c1ccc(C)cc1)c1nc(CNC2CCCCC2C(C)(C)C)cs1. The normalized spacial score (nSPS) is 20.2. The van der Waals surface area contributed by atoms with Crippen LogP contribution in [0.4, 0.5) is 10.8 Å². The monoisotopic (exact) mass is 399 g/mol. The number of aryl methyl sites for hydroxylation is 1. The Hall–Kier alpha value is -1.72. The first-order valence-corrected chi connectivity index (χ1v) is 11.2. The average Bonchev–Trinajstić information content (AvgIpc) is 3.09. The second-order valence-corrected chi connectivity index (χ2v) is 9.89. The molecule has 1 heterocycles. The van der Waals surface area contributed by atoms with Crippen molar-refractivity contribution in [1.82, 2.24) is 10.3 Å². The van der Waals surface area contributed by atoms with Gasteiger partial charge in [-0.15, -0.1) is 11.3 Å². The van der Waals surface area contributed by atoms with E-state index in [9.17, 15) is 4.79 Å². The summed E-state index contributed by atoms with van der Waals surface area (Å²) in [7, 11) is 0. The van der Waals surface area contributed by atoms with Gasteiger partial charge in [-0.2, -0.15) is 0 Å². The van der Waals surface area contributed by atoms with Gasteiger partial charge in [0.2, 0.25) is 5.91 Å². The van der Waals surface area contributed by atoms with Gasteiger partial charge in [0.15, 0.2) is 5.13 Å². The van der Waals surface area contributed by atoms with Crippen LogP contribution in [0.1, 0.15) is 64.6 Å². The number of benzene rings is 1. The summed E-state index contributed by atoms with van der Waals surface area (Å²) in [5.74, 6) is 0.679. The topological polar surface area (TPSA) is 45.2 Å². The molecule has 2 atom stereocenters. The minimum absolute atomic E-state index is 0.0159. The molecule has 0 radical (unpaired) electrons. The van der Waals surface area contributed by atoms with E-state index in [1.165, 1.54) is 42.6 Å². The van der Waals surface area contributed by atoms with E-state index in [1.54, 1.807) is 11.8 Å². The molecule has 1 N–H and O–H groups in total. The van der Waals surface area contributed by atoms with E-state index in [4.69, 9.17) is 4.98 Å². The van der Waals surface area contributed by atoms with Crippen molar-refractivity contribution in [2.24, 2.45) is 11.3 Å². The third-order valence-electron chi connectivity index (χ3n) is 5.76. The van der Waals surface area contributed by atoms with Crippen molar-refractivity contribution < 1.29 is 4.79 Å². The van der Waals surface area contributed by atoms with Gasteiger partial charge in [0.25, 0.3) is 0 Å². The van der Waals surface area contributed by atoms with Gasteiger partial charge in [0.1, 0.15) is 0 Å². The third-order valence-corrected chi connectivity index (χ3v) is 6.64. The predicted octanol–water partition coefficient (Wildman–Crippen LogP) is 5.83. The highest BCUT2D eigenvalue weighted by atomic mass is 32.1. The summed E-state index contributed by atoms with van der Waals surface area (Å²) in [6.07, 6.45) is 5.18. The van der Waals surface area contributed by atoms with Crippen LogP contribution in [0.3, 0.4) is 0 Å². The van der Waals surface area contributed by atoms with Crippen molar-refractivity contribution in [2.45, 2.75) is 72.9 Å². The standard InChI is InChI=1S/C23H33N3OS/c1-16-10-12-19(13-11-16)26(17(2)27)22-25-18(15-28-22)14-24-21-9-7-6-8-20(21)23(3,4)5/h10-13,15,20-21,24H,6-9,14H2,1-5H3. The average molecular weight is 400 g/mol. The van der Waals surface area contributed by atoms with Crippen LogP contribution >= 0.6 is 11.3 Å². The summed E-state index contributed by atoms with van der Waals surface area (Å²) in [4.78, 5) is 18.7. The van der Waals surface area contributed by atoms with Gasteiger partial charge in [0.05, 0.1) is 11.4 Å². The number of hydrogen-bond donors (Lipinski definition) is 1. The first-order chi connectivity index (χ1) is 13.3. The number of nitrogens with one attached hydrogen (secondary N) is 1. The van der Waals surface area contributed by atoms with Gasteiger partial charge in [-0.25, -0.2) is 4.98 Å². The van der Waals surface area contributed by atoms with Crippen LogP contribution in [0.5, 0.6) is 0 Å². The zero-order valence-corrected chi connectivity index (χ0v) is 18.6. The Bertz CT molecular complexity index is 791. The van der Waals surface area contributed by atoms with Crippen molar-refractivity contribution >= 4 is 28.1 Å². The molecule has 4 nitrogen and oxygen atoms in total. The van der Waals surface area contributed by atoms with E-state index >= 15 is 0 Å². The van der Waals surface area contributed by atoms with Crippen molar-refractivity contribution in [2.75, 3.05) is 4.90 Å². The first kappa shape index (κ1) is 21.0. The smallest absolute Gasteiger partial charge is 0.230 e. The Morgan fingerprint density at radius 2 is 1.89 bits per heavy atom. The van der Waals surface area contributed by atoms with Gasteiger partial charge in [-0.05, 0) is 43.2 Å². The number of aromatic nitrogens is 1. The lowest BCUT2D eigenvalue weighted by atomic mass is 9.69. The Morgan fingerprint density at radius 1 is 1.21 bits per heavy atom. The molecule has 0 saturated heterocycles. The molecule has 1 aliphatic carbocycles. The maximum absolute atomic E-state index is 12.3. The molecule has 0 aliphatic heterocycles. The maximum atomic E-state index is 12.3. The number of anilines is 2. The summed E-state index contributed by atoms with van der Waals surface area (Å²) in [5, 5.41) is 6.57. The molecule has 28 heavy (non-hydrogen) atoms. The summed E-state index contributed by atoms with van der Waals surface area (Å²) < 4.78 is 0. The van der Waals surface area contributed by atoms with E-state index in [0.29, 0.717) is 17.4 Å². The minimum atomic E-state index is -0.0159. The fraction of sp³-hybridized carbons (Fsp3) is 0.565. The van der Waals surface area contributed by atoms with Crippen LogP contribution in [-0.4, -0.2) is 16.9 Å². The summed E-state index contributed by atoms with van der Waals surface area (Å²) in [6, 6.07) is 8.55. The lowest BCUT2D eigenvalue weighted by molar-refractivity contribution is -0.115. The Kier molecular flexibility index (Phi) is 6.56. The second kappa shape index (κ2) is 8.75. The molecule has 5 heteroatoms. The van der Waals surface area contributed by atoms with Gasteiger partial charge in [0, 0.05) is 24.9 Å². The van der Waals surface area contributed by atoms with Gasteiger partial charge < -0.3 is 5.32 Å². The van der Waals surface area contributed by atoms with Crippen LogP contribution in [-0.2, 0) is 11.3 Å². The van der Waals surface area contributed by atoms with E-state index < -0.39 is 0 Å². The molecule has 1 saturated carbocycles. The largest absolute Gasteiger partial charge is 0.308 e. The van der Waals surface area contributed by atoms with Crippen molar-refractivity contribution in [3.63, 3.8) is 0 Å². The quantitative estimate of drug-likeness (QED) is 0.688. The molecular formula is C23H33N3OS. The van der Waals surface area contributed by atoms with Crippen LogP contribution < -0.4 is 10.2 Å². The first-order valence-electron chi connectivity index (χ1n) is 10.3. The molecular weight excluding hydrogens is 366 g/mol. The number of rotatable bonds is 5. The fourth-order valence-electron chi connectivity index (χ4n) is 4.25. The van der Waals surface area contributed by atoms with Crippen LogP contribution in [0.2, 0.25) is 0 Å². The van der Waals surface area contributed by atoms with E-state index in [0.717, 1.165) is 23.1 Å². The summed E-state index contributed by atoms with van der Waals surface area (Å²) >= 11 is 1.53. The maximum Gasteiger partial charge on any atom is 0.230 e. The highest BCUT2D eigenvalue weighted by Gasteiger charge is 2.33. The lowest BCUT2D eigenvalue weighted by Crippen LogP contribution is -2.44. The number of carbonyl (C=O) groups is 1. The second-order valence-electron chi connectivity index (χ2n) is 9.06. The third kappa shape index (κ3) is 5.00. The van der Waals surface area contributed by atoms with Gasteiger partial charge in [-0.3, -0.25) is 9.69 Å². The number of amides is 1. The number of hydrogen-bond acceptors (Lipinski definition) is 4. The molecule has 2 unspecified atom stereocenters. The predicted molar refractivity (Wildman–Crippen MR) is 118 cm³/mol. The lowest BCUT2D eigenvalue weighted by Gasteiger charge is -2.41. The number of nitrogens with zero attached hydrogens (tertiary/aromatic N) is 2. The molecule has 152 valence electrons. The van der Waals surface area contributed by atoms with E-state index in [2.05, 4.69) is 31.5 Å². The summed E-state index contributed by atoms with van der Waals surface area (Å²) in [6.45, 7) is 11.5. The molecule has 1 aromatic heterocycles. The van der Waals surface area contributed by atoms with Crippen molar-refractivity contribution in [3.8, 4) is 0 Å². The van der Waals surface area contributed by atoms with E-state index in [1.807, 2.05) is 31.2 Å². The van der Waals surface area contributed by atoms with Gasteiger partial charge in [-0.1, -0.05) is 51.3 Å². The van der Waals surface area contributed by atoms with Crippen LogP contribution in [0, 0.1) is 18.3 Å². The molecule has 1 fully saturated rings. The molecule has 1 amide bonds. The van der Waals surface area contributed by atoms with Gasteiger partial charge >= 0.3 is 0 Å². The zero-order chi connectivity index (χ0) is 20.3. The van der Waals surface area contributed by atoms with Crippen molar-refractivity contribution in [3.05, 3.63) is 40.9 Å². The van der Waals surface area contributed by atoms with Crippen LogP contribution in [0.25, 0.3) is 0 Å². The molecule has 3 rings (SSSR count). The zero-order valence-electron chi connectivity index (χ0n) is 17.8. The van der Waals surface area contributed by atoms with Crippen LogP contribution in [0.15, 0.2) is 29.6 Å². The minimum Gasteiger partial charge on any atom is -0.308 e. The molecule has 0 bridgehead atoms. The van der Waals surface area contributed by atoms with Crippen molar-refractivity contribution in [1.29, 1.82) is 0 Å². The highest BCUT2D eigenvalue weighted by Crippen LogP contribution is 2.38. The molecule has 2 aromatic rings. The highest BCUT2D eigenvalue weighted by molar-refractivity contribution is 7.14.